The zero-order valence-corrected chi connectivity index (χ0v) is 29.4. The Hall–Kier alpha value is -5.32. The van der Waals surface area contributed by atoms with Crippen LogP contribution >= 0.6 is 0 Å². The van der Waals surface area contributed by atoms with E-state index in [1.807, 2.05) is 56.7 Å². The van der Waals surface area contributed by atoms with Crippen molar-refractivity contribution in [2.45, 2.75) is 65.3 Å². The third-order valence-electron chi connectivity index (χ3n) is 8.48. The summed E-state index contributed by atoms with van der Waals surface area (Å²) in [6.07, 6.45) is 10.7. The Bertz CT molecular complexity index is 1830. The first kappa shape index (κ1) is 36.5. The monoisotopic (exact) mass is 667 g/mol. The van der Waals surface area contributed by atoms with Crippen molar-refractivity contribution in [1.82, 2.24) is 14.9 Å². The van der Waals surface area contributed by atoms with Crippen LogP contribution in [0.15, 0.2) is 54.7 Å². The third kappa shape index (κ3) is 8.59. The van der Waals surface area contributed by atoms with Crippen molar-refractivity contribution in [3.63, 3.8) is 0 Å². The quantitative estimate of drug-likeness (QED) is 0.137. The summed E-state index contributed by atoms with van der Waals surface area (Å²) >= 11 is 0. The molecule has 3 heterocycles. The molecule has 2 amide bonds. The number of amides is 2. The standard InChI is InChI=1S/C36H43N7O4.C2H6/c1-22-17-18-39-34-24(11-8-6-5-7-9-14-31(44)41-22)21-40-35(38)32(34)33(37)23-15-16-26(30(19-23)47-4)42-36(45)28-20-25-27(43(28)2)12-10-13-29(25)46-3;1-2/h8,10-13,15-16,19-22,37,39H,5-7,9,14,17-18H2,1-4H3,(H2,38,40)(H,41,44)(H,42,45);1-2H3/b11-8+,37-33?;. The fraction of sp³-hybridized carbons (Fsp3) is 0.368. The molecule has 260 valence electrons. The molecule has 0 spiro atoms. The second-order valence-electron chi connectivity index (χ2n) is 11.8. The predicted molar refractivity (Wildman–Crippen MR) is 199 cm³/mol. The summed E-state index contributed by atoms with van der Waals surface area (Å²) in [5, 5.41) is 19.6. The maximum atomic E-state index is 13.4. The molecule has 0 saturated carbocycles. The average Bonchev–Trinajstić information content (AvgIpc) is 3.45. The van der Waals surface area contributed by atoms with Crippen LogP contribution in [-0.2, 0) is 11.8 Å². The molecule has 0 fully saturated rings. The molecule has 0 aliphatic carbocycles. The first-order valence-electron chi connectivity index (χ1n) is 16.9. The van der Waals surface area contributed by atoms with Gasteiger partial charge in [0.1, 0.15) is 23.0 Å². The fourth-order valence-corrected chi connectivity index (χ4v) is 5.89. The van der Waals surface area contributed by atoms with Crippen molar-refractivity contribution < 1.29 is 19.1 Å². The number of pyridine rings is 1. The molecule has 0 saturated heterocycles. The summed E-state index contributed by atoms with van der Waals surface area (Å²) in [6.45, 7) is 6.55. The van der Waals surface area contributed by atoms with Gasteiger partial charge in [-0.05, 0) is 62.9 Å². The Morgan fingerprint density at radius 2 is 1.86 bits per heavy atom. The van der Waals surface area contributed by atoms with E-state index in [0.717, 1.165) is 42.1 Å². The molecular formula is C38H49N7O4. The average molecular weight is 668 g/mol. The molecular weight excluding hydrogens is 618 g/mol. The highest BCUT2D eigenvalue weighted by molar-refractivity contribution is 6.18. The number of methoxy groups -OCH3 is 2. The van der Waals surface area contributed by atoms with Crippen LogP contribution in [0, 0.1) is 5.41 Å². The number of rotatable bonds is 6. The number of carbonyl (C=O) groups is 2. The van der Waals surface area contributed by atoms with Gasteiger partial charge in [-0.3, -0.25) is 15.0 Å². The van der Waals surface area contributed by atoms with E-state index in [9.17, 15) is 15.0 Å². The molecule has 0 radical (unpaired) electrons. The number of ether oxygens (including phenoxy) is 2. The minimum absolute atomic E-state index is 0.01000. The van der Waals surface area contributed by atoms with Crippen LogP contribution in [0.5, 0.6) is 11.5 Å². The molecule has 5 rings (SSSR count). The number of allylic oxidation sites excluding steroid dienone is 1. The Kier molecular flexibility index (Phi) is 12.8. The number of benzene rings is 2. The van der Waals surface area contributed by atoms with Crippen LogP contribution in [-0.4, -0.2) is 53.9 Å². The Morgan fingerprint density at radius 3 is 2.61 bits per heavy atom. The maximum Gasteiger partial charge on any atom is 0.272 e. The van der Waals surface area contributed by atoms with Crippen LogP contribution < -0.4 is 31.2 Å². The second kappa shape index (κ2) is 17.2. The van der Waals surface area contributed by atoms with Crippen LogP contribution in [0.1, 0.15) is 86.5 Å². The van der Waals surface area contributed by atoms with Crippen LogP contribution in [0.2, 0.25) is 0 Å². The first-order chi connectivity index (χ1) is 23.7. The van der Waals surface area contributed by atoms with Gasteiger partial charge in [-0.2, -0.15) is 0 Å². The predicted octanol–water partition coefficient (Wildman–Crippen LogP) is 7.15. The van der Waals surface area contributed by atoms with E-state index in [4.69, 9.17) is 15.2 Å². The zero-order chi connectivity index (χ0) is 35.5. The smallest absolute Gasteiger partial charge is 0.272 e. The van der Waals surface area contributed by atoms with Gasteiger partial charge < -0.3 is 35.7 Å². The van der Waals surface area contributed by atoms with Crippen molar-refractivity contribution in [3.05, 3.63) is 77.1 Å². The van der Waals surface area contributed by atoms with Gasteiger partial charge in [-0.25, -0.2) is 4.98 Å². The number of nitrogen functional groups attached to an aromatic ring is 1. The van der Waals surface area contributed by atoms with Gasteiger partial charge in [-0.15, -0.1) is 0 Å². The van der Waals surface area contributed by atoms with Crippen LogP contribution in [0.3, 0.4) is 0 Å². The number of fused-ring (bicyclic) bond motifs is 2. The lowest BCUT2D eigenvalue weighted by Crippen LogP contribution is -2.33. The SMILES string of the molecule is CC.COc1cc(C(=N)c2c(N)ncc3c2NCCC(C)NC(=O)CCCCC/C=C/3)ccc1NC(=O)c1cc2c(OC)cccc2n1C. The Balaban J connectivity index is 0.00000265. The minimum Gasteiger partial charge on any atom is -0.496 e. The number of hydrogen-bond acceptors (Lipinski definition) is 8. The molecule has 11 nitrogen and oxygen atoms in total. The summed E-state index contributed by atoms with van der Waals surface area (Å²) in [6, 6.07) is 12.6. The van der Waals surface area contributed by atoms with E-state index in [-0.39, 0.29) is 29.4 Å². The summed E-state index contributed by atoms with van der Waals surface area (Å²) in [5.74, 6) is 1.06. The summed E-state index contributed by atoms with van der Waals surface area (Å²) in [5.41, 5.74) is 10.9. The minimum atomic E-state index is -0.313. The fourth-order valence-electron chi connectivity index (χ4n) is 5.89. The molecule has 1 atom stereocenters. The molecule has 2 aromatic carbocycles. The molecule has 4 aromatic rings. The number of carbonyl (C=O) groups excluding carboxylic acids is 2. The lowest BCUT2D eigenvalue weighted by Gasteiger charge is -2.20. The lowest BCUT2D eigenvalue weighted by molar-refractivity contribution is -0.121. The van der Waals surface area contributed by atoms with Crippen molar-refractivity contribution >= 4 is 51.7 Å². The van der Waals surface area contributed by atoms with Gasteiger partial charge in [0, 0.05) is 48.8 Å². The number of nitrogens with one attached hydrogen (secondary N) is 4. The lowest BCUT2D eigenvalue weighted by atomic mass is 9.98. The van der Waals surface area contributed by atoms with Gasteiger partial charge in [0.05, 0.1) is 42.4 Å². The van der Waals surface area contributed by atoms with Crippen LogP contribution in [0.25, 0.3) is 17.0 Å². The largest absolute Gasteiger partial charge is 0.496 e. The number of aryl methyl sites for hydroxylation is 1. The highest BCUT2D eigenvalue weighted by atomic mass is 16.5. The van der Waals surface area contributed by atoms with E-state index in [0.29, 0.717) is 59.1 Å². The molecule has 1 unspecified atom stereocenters. The van der Waals surface area contributed by atoms with Crippen molar-refractivity contribution in [2.75, 3.05) is 37.1 Å². The van der Waals surface area contributed by atoms with Crippen molar-refractivity contribution in [1.29, 1.82) is 5.41 Å². The van der Waals surface area contributed by atoms with E-state index in [2.05, 4.69) is 27.0 Å². The van der Waals surface area contributed by atoms with Gasteiger partial charge in [0.2, 0.25) is 5.91 Å². The van der Waals surface area contributed by atoms with Crippen LogP contribution in [0.4, 0.5) is 17.2 Å². The van der Waals surface area contributed by atoms with E-state index < -0.39 is 0 Å². The molecule has 11 heteroatoms. The molecule has 49 heavy (non-hydrogen) atoms. The van der Waals surface area contributed by atoms with Gasteiger partial charge in [0.25, 0.3) is 5.91 Å². The number of nitrogens with zero attached hydrogens (tertiary/aromatic N) is 2. The summed E-state index contributed by atoms with van der Waals surface area (Å²) in [4.78, 5) is 30.2. The summed E-state index contributed by atoms with van der Waals surface area (Å²) in [7, 11) is 4.95. The van der Waals surface area contributed by atoms with Crippen molar-refractivity contribution in [2.24, 2.45) is 7.05 Å². The highest BCUT2D eigenvalue weighted by Crippen LogP contribution is 2.33. The molecule has 6 N–H and O–H groups in total. The van der Waals surface area contributed by atoms with Gasteiger partial charge in [-0.1, -0.05) is 44.6 Å². The number of hydrogen-bond donors (Lipinski definition) is 5. The Labute approximate surface area is 288 Å². The molecule has 2 aromatic heterocycles. The molecule has 0 bridgehead atoms. The normalized spacial score (nSPS) is 16.0. The Morgan fingerprint density at radius 1 is 1.08 bits per heavy atom. The highest BCUT2D eigenvalue weighted by Gasteiger charge is 2.21. The van der Waals surface area contributed by atoms with E-state index >= 15 is 0 Å². The molecule has 1 aliphatic heterocycles. The van der Waals surface area contributed by atoms with E-state index in [1.165, 1.54) is 7.11 Å². The third-order valence-corrected chi connectivity index (χ3v) is 8.48. The number of aromatic nitrogens is 2. The molecule has 1 aliphatic rings. The summed E-state index contributed by atoms with van der Waals surface area (Å²) < 4.78 is 13.0. The van der Waals surface area contributed by atoms with Gasteiger partial charge in [0.15, 0.2) is 0 Å². The zero-order valence-electron chi connectivity index (χ0n) is 29.4. The van der Waals surface area contributed by atoms with Gasteiger partial charge >= 0.3 is 0 Å². The van der Waals surface area contributed by atoms with Crippen molar-refractivity contribution in [3.8, 4) is 11.5 Å². The maximum absolute atomic E-state index is 13.4. The number of anilines is 3. The van der Waals surface area contributed by atoms with E-state index in [1.54, 1.807) is 37.6 Å². The first-order valence-corrected chi connectivity index (χ1v) is 16.9. The number of nitrogens with two attached hydrogens (primary N) is 1. The topological polar surface area (TPSA) is 156 Å². The second-order valence-corrected chi connectivity index (χ2v) is 11.8.